The Kier molecular flexibility index (Phi) is 5.27. The summed E-state index contributed by atoms with van der Waals surface area (Å²) >= 11 is 0. The minimum absolute atomic E-state index is 0.215. The van der Waals surface area contributed by atoms with Gasteiger partial charge in [-0.25, -0.2) is 15.0 Å². The van der Waals surface area contributed by atoms with Crippen molar-refractivity contribution in [1.82, 2.24) is 19.9 Å². The number of alkyl halides is 3. The molecule has 28 heavy (non-hydrogen) atoms. The Balaban J connectivity index is 1.38. The first-order valence-electron chi connectivity index (χ1n) is 9.71. The highest BCUT2D eigenvalue weighted by Gasteiger charge is 2.38. The van der Waals surface area contributed by atoms with Crippen LogP contribution in [-0.2, 0) is 12.6 Å². The molecule has 1 saturated heterocycles. The lowest BCUT2D eigenvalue weighted by atomic mass is 10.0. The van der Waals surface area contributed by atoms with E-state index in [-0.39, 0.29) is 6.04 Å². The summed E-state index contributed by atoms with van der Waals surface area (Å²) in [6, 6.07) is 1.61. The van der Waals surface area contributed by atoms with Crippen LogP contribution in [-0.4, -0.2) is 51.6 Å². The molecule has 2 aromatic heterocycles. The zero-order valence-electron chi connectivity index (χ0n) is 15.8. The van der Waals surface area contributed by atoms with Crippen LogP contribution in [0.3, 0.4) is 0 Å². The van der Waals surface area contributed by atoms with E-state index in [1.165, 1.54) is 0 Å². The molecule has 152 valence electrons. The Morgan fingerprint density at radius 2 is 1.82 bits per heavy atom. The van der Waals surface area contributed by atoms with Crippen molar-refractivity contribution < 1.29 is 17.6 Å². The summed E-state index contributed by atoms with van der Waals surface area (Å²) in [4.78, 5) is 16.2. The normalized spacial score (nSPS) is 19.1. The van der Waals surface area contributed by atoms with Crippen molar-refractivity contribution in [3.8, 4) is 0 Å². The van der Waals surface area contributed by atoms with Gasteiger partial charge in [-0.2, -0.15) is 13.2 Å². The number of hydrogen-bond donors (Lipinski definition) is 0. The first-order valence-corrected chi connectivity index (χ1v) is 9.71. The summed E-state index contributed by atoms with van der Waals surface area (Å²) in [6.45, 7) is 4.56. The van der Waals surface area contributed by atoms with E-state index in [1.54, 1.807) is 6.20 Å². The Morgan fingerprint density at radius 1 is 1.11 bits per heavy atom. The molecule has 0 unspecified atom stereocenters. The van der Waals surface area contributed by atoms with Gasteiger partial charge in [0.25, 0.3) is 0 Å². The van der Waals surface area contributed by atoms with Crippen LogP contribution in [0.4, 0.5) is 19.0 Å². The number of piperidine rings is 1. The van der Waals surface area contributed by atoms with E-state index in [2.05, 4.69) is 24.8 Å². The molecular weight excluding hydrogens is 371 g/mol. The summed E-state index contributed by atoms with van der Waals surface area (Å²) in [7, 11) is 0. The molecule has 1 aliphatic carbocycles. The van der Waals surface area contributed by atoms with Crippen LogP contribution in [0.1, 0.15) is 43.0 Å². The van der Waals surface area contributed by atoms with Crippen molar-refractivity contribution in [2.75, 3.05) is 24.5 Å². The summed E-state index contributed by atoms with van der Waals surface area (Å²) in [5.74, 6) is 1.97. The molecule has 0 radical (unpaired) electrons. The van der Waals surface area contributed by atoms with Crippen molar-refractivity contribution in [1.29, 1.82) is 0 Å². The number of nitrogens with zero attached hydrogens (tertiary/aromatic N) is 5. The van der Waals surface area contributed by atoms with Gasteiger partial charge in [-0.05, 0) is 25.7 Å². The van der Waals surface area contributed by atoms with Gasteiger partial charge >= 0.3 is 6.18 Å². The van der Waals surface area contributed by atoms with Crippen molar-refractivity contribution in [3.63, 3.8) is 0 Å². The molecule has 0 N–H and O–H groups in total. The van der Waals surface area contributed by atoms with E-state index in [0.717, 1.165) is 69.9 Å². The maximum absolute atomic E-state index is 13.0. The summed E-state index contributed by atoms with van der Waals surface area (Å²) < 4.78 is 44.6. The quantitative estimate of drug-likeness (QED) is 0.747. The fraction of sp³-hybridized carbons (Fsp3) is 0.632. The number of aromatic nitrogens is 3. The highest BCUT2D eigenvalue weighted by molar-refractivity contribution is 5.44. The Hall–Kier alpha value is -2.16. The van der Waals surface area contributed by atoms with E-state index < -0.39 is 11.9 Å². The van der Waals surface area contributed by atoms with Crippen molar-refractivity contribution in [2.24, 2.45) is 0 Å². The predicted molar refractivity (Wildman–Crippen MR) is 96.9 cm³/mol. The first-order chi connectivity index (χ1) is 13.4. The van der Waals surface area contributed by atoms with Gasteiger partial charge in [-0.3, -0.25) is 0 Å². The maximum Gasteiger partial charge on any atom is 0.433 e. The summed E-state index contributed by atoms with van der Waals surface area (Å²) in [5, 5.41) is 0. The molecule has 0 spiro atoms. The molecule has 0 atom stereocenters. The van der Waals surface area contributed by atoms with Gasteiger partial charge in [0.05, 0.1) is 6.20 Å². The Labute approximate surface area is 161 Å². The number of halogens is 3. The third-order valence-electron chi connectivity index (χ3n) is 5.44. The molecule has 1 aliphatic heterocycles. The topological polar surface area (TPSA) is 58.3 Å². The third kappa shape index (κ3) is 4.45. The average Bonchev–Trinajstić information content (AvgIpc) is 3.41. The van der Waals surface area contributed by atoms with E-state index in [9.17, 15) is 13.2 Å². The van der Waals surface area contributed by atoms with Gasteiger partial charge in [-0.1, -0.05) is 0 Å². The zero-order chi connectivity index (χ0) is 19.7. The van der Waals surface area contributed by atoms with Crippen molar-refractivity contribution in [3.05, 3.63) is 35.9 Å². The largest absolute Gasteiger partial charge is 0.446 e. The van der Waals surface area contributed by atoms with Crippen LogP contribution in [0.25, 0.3) is 0 Å². The number of rotatable bonds is 6. The van der Waals surface area contributed by atoms with Crippen LogP contribution >= 0.6 is 0 Å². The smallest absolute Gasteiger partial charge is 0.433 e. The predicted octanol–water partition coefficient (Wildman–Crippen LogP) is 3.47. The molecule has 9 heteroatoms. The Morgan fingerprint density at radius 3 is 2.43 bits per heavy atom. The maximum atomic E-state index is 13.0. The lowest BCUT2D eigenvalue weighted by molar-refractivity contribution is -0.141. The second-order valence-electron chi connectivity index (χ2n) is 7.57. The molecule has 0 aromatic carbocycles. The molecular formula is C19H24F3N5O. The SMILES string of the molecule is Cc1ncc(CCN2CCC(N(c3cc(C(F)(F)F)ncn3)C3CC3)CC2)o1. The minimum atomic E-state index is -4.45. The Bertz CT molecular complexity index is 797. The molecule has 6 nitrogen and oxygen atoms in total. The molecule has 4 rings (SSSR count). The van der Waals surface area contributed by atoms with Gasteiger partial charge in [0.15, 0.2) is 5.89 Å². The van der Waals surface area contributed by atoms with E-state index in [1.807, 2.05) is 6.92 Å². The van der Waals surface area contributed by atoms with E-state index in [0.29, 0.717) is 17.8 Å². The summed E-state index contributed by atoms with van der Waals surface area (Å²) in [6.07, 6.45) is 3.02. The number of oxazole rings is 1. The van der Waals surface area contributed by atoms with Gasteiger partial charge in [-0.15, -0.1) is 0 Å². The monoisotopic (exact) mass is 395 g/mol. The molecule has 0 bridgehead atoms. The lowest BCUT2D eigenvalue weighted by Crippen LogP contribution is -2.46. The minimum Gasteiger partial charge on any atom is -0.446 e. The number of likely N-dealkylation sites (tertiary alicyclic amines) is 1. The summed E-state index contributed by atoms with van der Waals surface area (Å²) in [5.41, 5.74) is -0.872. The van der Waals surface area contributed by atoms with Gasteiger partial charge in [0.2, 0.25) is 0 Å². The molecule has 2 aromatic rings. The van der Waals surface area contributed by atoms with Crippen LogP contribution in [0.15, 0.2) is 23.0 Å². The van der Waals surface area contributed by atoms with Crippen LogP contribution in [0.2, 0.25) is 0 Å². The number of anilines is 1. The molecule has 2 aliphatic rings. The standard InChI is InChI=1S/C19H24F3N5O/c1-13-23-11-16(28-13)6-9-26-7-4-15(5-8-26)27(14-2-3-14)18-10-17(19(20,21)22)24-12-25-18/h10-12,14-15H,2-9H2,1H3. The highest BCUT2D eigenvalue weighted by atomic mass is 19.4. The van der Waals surface area contributed by atoms with Crippen molar-refractivity contribution >= 4 is 5.82 Å². The zero-order valence-corrected chi connectivity index (χ0v) is 15.8. The van der Waals surface area contributed by atoms with E-state index in [4.69, 9.17) is 4.42 Å². The number of hydrogen-bond acceptors (Lipinski definition) is 6. The van der Waals surface area contributed by atoms with Gasteiger partial charge in [0, 0.05) is 51.1 Å². The van der Waals surface area contributed by atoms with Crippen LogP contribution < -0.4 is 4.90 Å². The fourth-order valence-corrected chi connectivity index (χ4v) is 3.88. The van der Waals surface area contributed by atoms with E-state index >= 15 is 0 Å². The van der Waals surface area contributed by atoms with Crippen molar-refractivity contribution in [2.45, 2.75) is 57.3 Å². The molecule has 2 fully saturated rings. The molecule has 0 amide bonds. The second-order valence-corrected chi connectivity index (χ2v) is 7.57. The second kappa shape index (κ2) is 7.69. The lowest BCUT2D eigenvalue weighted by Gasteiger charge is -2.39. The van der Waals surface area contributed by atoms with Gasteiger partial charge in [0.1, 0.15) is 23.6 Å². The van der Waals surface area contributed by atoms with Crippen LogP contribution in [0, 0.1) is 6.92 Å². The van der Waals surface area contributed by atoms with Crippen LogP contribution in [0.5, 0.6) is 0 Å². The molecule has 1 saturated carbocycles. The third-order valence-corrected chi connectivity index (χ3v) is 5.44. The fourth-order valence-electron chi connectivity index (χ4n) is 3.88. The highest BCUT2D eigenvalue weighted by Crippen LogP contribution is 2.37. The number of aryl methyl sites for hydroxylation is 1. The molecule has 3 heterocycles. The van der Waals surface area contributed by atoms with Gasteiger partial charge < -0.3 is 14.2 Å². The first kappa shape index (κ1) is 19.2. The average molecular weight is 395 g/mol.